The van der Waals surface area contributed by atoms with Gasteiger partial charge in [-0.15, -0.1) is 0 Å². The molecule has 0 aromatic heterocycles. The highest BCUT2D eigenvalue weighted by Crippen LogP contribution is 2.19. The molecule has 1 rings (SSSR count). The van der Waals surface area contributed by atoms with E-state index in [0.717, 1.165) is 12.8 Å². The molecular weight excluding hydrogens is 208 g/mol. The molecule has 1 aliphatic heterocycles. The third-order valence-electron chi connectivity index (χ3n) is 2.80. The number of hydrogen-bond donors (Lipinski definition) is 1. The van der Waals surface area contributed by atoms with E-state index in [9.17, 15) is 9.59 Å². The van der Waals surface area contributed by atoms with Gasteiger partial charge in [0.15, 0.2) is 0 Å². The van der Waals surface area contributed by atoms with Gasteiger partial charge >= 0.3 is 6.03 Å². The number of hydrogen-bond acceptors (Lipinski definition) is 3. The lowest BCUT2D eigenvalue weighted by Crippen LogP contribution is -2.45. The van der Waals surface area contributed by atoms with Crippen LogP contribution >= 0.6 is 0 Å². The zero-order valence-electron chi connectivity index (χ0n) is 10.2. The molecule has 3 amide bonds. The molecule has 16 heavy (non-hydrogen) atoms. The number of imide groups is 1. The van der Waals surface area contributed by atoms with Gasteiger partial charge in [-0.05, 0) is 20.3 Å². The second-order valence-corrected chi connectivity index (χ2v) is 4.44. The van der Waals surface area contributed by atoms with Gasteiger partial charge in [-0.3, -0.25) is 10.1 Å². The van der Waals surface area contributed by atoms with E-state index in [1.165, 1.54) is 4.90 Å². The van der Waals surface area contributed by atoms with Gasteiger partial charge in [0.2, 0.25) is 0 Å². The topological polar surface area (TPSA) is 58.6 Å². The van der Waals surface area contributed by atoms with Crippen LogP contribution in [0.2, 0.25) is 0 Å². The summed E-state index contributed by atoms with van der Waals surface area (Å²) in [5, 5.41) is 2.30. The van der Waals surface area contributed by atoms with Crippen LogP contribution in [0.1, 0.15) is 33.6 Å². The van der Waals surface area contributed by atoms with Crippen molar-refractivity contribution in [1.29, 1.82) is 0 Å². The van der Waals surface area contributed by atoms with Crippen LogP contribution in [0.5, 0.6) is 0 Å². The van der Waals surface area contributed by atoms with E-state index >= 15 is 0 Å². The molecule has 92 valence electrons. The van der Waals surface area contributed by atoms with Crippen molar-refractivity contribution >= 4 is 11.9 Å². The highest BCUT2D eigenvalue weighted by Gasteiger charge is 2.44. The first-order valence-electron chi connectivity index (χ1n) is 5.71. The van der Waals surface area contributed by atoms with Crippen molar-refractivity contribution in [2.24, 2.45) is 0 Å². The SMILES string of the molecule is CCCCOCCN1C(=O)NC(=O)C1(C)C. The Hall–Kier alpha value is -1.10. The number of nitrogens with one attached hydrogen (secondary N) is 1. The Bertz CT molecular complexity index is 276. The van der Waals surface area contributed by atoms with Crippen molar-refractivity contribution in [2.45, 2.75) is 39.2 Å². The first-order chi connectivity index (χ1) is 7.50. The second-order valence-electron chi connectivity index (χ2n) is 4.44. The minimum Gasteiger partial charge on any atom is -0.380 e. The molecule has 1 heterocycles. The lowest BCUT2D eigenvalue weighted by Gasteiger charge is -2.27. The molecule has 0 spiro atoms. The van der Waals surface area contributed by atoms with Crippen LogP contribution in [0.4, 0.5) is 4.79 Å². The van der Waals surface area contributed by atoms with Crippen molar-refractivity contribution in [1.82, 2.24) is 10.2 Å². The lowest BCUT2D eigenvalue weighted by atomic mass is 10.1. The van der Waals surface area contributed by atoms with Gasteiger partial charge < -0.3 is 9.64 Å². The number of unbranched alkanes of at least 4 members (excludes halogenated alkanes) is 1. The van der Waals surface area contributed by atoms with Crippen LogP contribution < -0.4 is 5.32 Å². The molecular formula is C11H20N2O3. The average molecular weight is 228 g/mol. The van der Waals surface area contributed by atoms with Crippen LogP contribution in [-0.2, 0) is 9.53 Å². The summed E-state index contributed by atoms with van der Waals surface area (Å²) < 4.78 is 5.38. The van der Waals surface area contributed by atoms with Crippen molar-refractivity contribution in [3.63, 3.8) is 0 Å². The Kier molecular flexibility index (Phi) is 4.29. The van der Waals surface area contributed by atoms with E-state index in [1.54, 1.807) is 13.8 Å². The fraction of sp³-hybridized carbons (Fsp3) is 0.818. The summed E-state index contributed by atoms with van der Waals surface area (Å²) in [5.41, 5.74) is -0.759. The zero-order chi connectivity index (χ0) is 12.2. The molecule has 0 saturated carbocycles. The Labute approximate surface area is 96.1 Å². The van der Waals surface area contributed by atoms with Crippen LogP contribution in [0.3, 0.4) is 0 Å². The van der Waals surface area contributed by atoms with Gasteiger partial charge in [-0.2, -0.15) is 0 Å². The summed E-state index contributed by atoms with van der Waals surface area (Å²) in [6.07, 6.45) is 2.11. The highest BCUT2D eigenvalue weighted by atomic mass is 16.5. The Morgan fingerprint density at radius 1 is 1.31 bits per heavy atom. The van der Waals surface area contributed by atoms with Crippen LogP contribution in [0.25, 0.3) is 0 Å². The summed E-state index contributed by atoms with van der Waals surface area (Å²) in [4.78, 5) is 24.4. The van der Waals surface area contributed by atoms with Crippen molar-refractivity contribution < 1.29 is 14.3 Å². The Morgan fingerprint density at radius 3 is 2.50 bits per heavy atom. The molecule has 0 aromatic carbocycles. The smallest absolute Gasteiger partial charge is 0.325 e. The Morgan fingerprint density at radius 2 is 2.00 bits per heavy atom. The van der Waals surface area contributed by atoms with Gasteiger partial charge in [0, 0.05) is 13.2 Å². The molecule has 1 N–H and O–H groups in total. The minimum absolute atomic E-state index is 0.244. The summed E-state index contributed by atoms with van der Waals surface area (Å²) >= 11 is 0. The molecule has 5 nitrogen and oxygen atoms in total. The number of urea groups is 1. The number of nitrogens with zero attached hydrogens (tertiary/aromatic N) is 1. The predicted octanol–water partition coefficient (Wildman–Crippen LogP) is 1.13. The number of rotatable bonds is 6. The van der Waals surface area contributed by atoms with Crippen LogP contribution in [-0.4, -0.2) is 42.1 Å². The number of amides is 3. The second kappa shape index (κ2) is 5.30. The highest BCUT2D eigenvalue weighted by molar-refractivity contribution is 6.06. The van der Waals surface area contributed by atoms with E-state index in [1.807, 2.05) is 0 Å². The maximum Gasteiger partial charge on any atom is 0.325 e. The van der Waals surface area contributed by atoms with E-state index in [0.29, 0.717) is 19.8 Å². The number of carbonyl (C=O) groups is 2. The quantitative estimate of drug-likeness (QED) is 0.547. The van der Waals surface area contributed by atoms with E-state index < -0.39 is 5.54 Å². The summed E-state index contributed by atoms with van der Waals surface area (Å²) in [7, 11) is 0. The molecule has 1 fully saturated rings. The van der Waals surface area contributed by atoms with E-state index in [2.05, 4.69) is 12.2 Å². The van der Waals surface area contributed by atoms with Crippen molar-refractivity contribution in [2.75, 3.05) is 19.8 Å². The monoisotopic (exact) mass is 228 g/mol. The average Bonchev–Trinajstić information content (AvgIpc) is 2.39. The van der Waals surface area contributed by atoms with Crippen LogP contribution in [0, 0.1) is 0 Å². The molecule has 0 radical (unpaired) electrons. The first-order valence-corrected chi connectivity index (χ1v) is 5.71. The minimum atomic E-state index is -0.759. The number of ether oxygens (including phenoxy) is 1. The van der Waals surface area contributed by atoms with E-state index in [4.69, 9.17) is 4.74 Å². The molecule has 0 atom stereocenters. The Balaban J connectivity index is 2.36. The summed E-state index contributed by atoms with van der Waals surface area (Å²) in [6, 6.07) is -0.325. The fourth-order valence-electron chi connectivity index (χ4n) is 1.58. The first kappa shape index (κ1) is 13.0. The van der Waals surface area contributed by atoms with Gasteiger partial charge in [0.25, 0.3) is 5.91 Å². The molecule has 0 aliphatic carbocycles. The normalized spacial score (nSPS) is 19.1. The van der Waals surface area contributed by atoms with Crippen molar-refractivity contribution in [3.05, 3.63) is 0 Å². The molecule has 0 aromatic rings. The largest absolute Gasteiger partial charge is 0.380 e. The van der Waals surface area contributed by atoms with Gasteiger partial charge in [0.05, 0.1) is 6.61 Å². The maximum absolute atomic E-state index is 11.5. The summed E-state index contributed by atoms with van der Waals surface area (Å²) in [6.45, 7) is 7.20. The maximum atomic E-state index is 11.5. The third kappa shape index (κ3) is 2.72. The van der Waals surface area contributed by atoms with Gasteiger partial charge in [-0.25, -0.2) is 4.79 Å². The molecule has 1 aliphatic rings. The molecule has 5 heteroatoms. The molecule has 0 bridgehead atoms. The van der Waals surface area contributed by atoms with Crippen molar-refractivity contribution in [3.8, 4) is 0 Å². The molecule has 1 saturated heterocycles. The lowest BCUT2D eigenvalue weighted by molar-refractivity contribution is -0.125. The molecule has 0 unspecified atom stereocenters. The van der Waals surface area contributed by atoms with Crippen LogP contribution in [0.15, 0.2) is 0 Å². The predicted molar refractivity (Wildman–Crippen MR) is 60.1 cm³/mol. The zero-order valence-corrected chi connectivity index (χ0v) is 10.2. The third-order valence-corrected chi connectivity index (χ3v) is 2.80. The van der Waals surface area contributed by atoms with Gasteiger partial charge in [0.1, 0.15) is 5.54 Å². The van der Waals surface area contributed by atoms with E-state index in [-0.39, 0.29) is 11.9 Å². The number of carbonyl (C=O) groups excluding carboxylic acids is 2. The fourth-order valence-corrected chi connectivity index (χ4v) is 1.58. The van der Waals surface area contributed by atoms with Gasteiger partial charge in [-0.1, -0.05) is 13.3 Å². The summed E-state index contributed by atoms with van der Waals surface area (Å²) in [5.74, 6) is -0.244. The standard InChI is InChI=1S/C11H20N2O3/c1-4-5-7-16-8-6-13-10(15)12-9(14)11(13,2)3/h4-8H2,1-3H3,(H,12,14,15).